The maximum absolute atomic E-state index is 12.2. The number of thiazole rings is 1. The van der Waals surface area contributed by atoms with Crippen molar-refractivity contribution in [2.75, 3.05) is 5.32 Å². The van der Waals surface area contributed by atoms with E-state index in [1.807, 2.05) is 37.3 Å². The average molecular weight is 310 g/mol. The third-order valence-corrected chi connectivity index (χ3v) is 4.55. The van der Waals surface area contributed by atoms with Crippen LogP contribution in [-0.4, -0.2) is 10.9 Å². The number of hydrogen-bond donors (Lipinski definition) is 1. The van der Waals surface area contributed by atoms with Gasteiger partial charge in [0, 0.05) is 5.56 Å². The van der Waals surface area contributed by atoms with Crippen LogP contribution in [0.1, 0.15) is 41.3 Å². The molecule has 0 aliphatic carbocycles. The molecule has 22 heavy (non-hydrogen) atoms. The zero-order valence-electron chi connectivity index (χ0n) is 12.9. The second-order valence-electron chi connectivity index (χ2n) is 5.72. The van der Waals surface area contributed by atoms with Crippen molar-refractivity contribution in [2.24, 2.45) is 0 Å². The normalized spacial score (nSPS) is 11.1. The number of fused-ring (bicyclic) bond motifs is 1. The molecule has 1 amide bonds. The fourth-order valence-corrected chi connectivity index (χ4v) is 3.14. The van der Waals surface area contributed by atoms with Gasteiger partial charge in [-0.1, -0.05) is 48.9 Å². The van der Waals surface area contributed by atoms with E-state index in [-0.39, 0.29) is 5.91 Å². The molecular formula is C18H18N2OS. The standard InChI is InChI=1S/C18H18N2OS/c1-11(2)14-8-9-15-16(10-14)22-18(19-15)20-17(21)13-6-4-12(3)5-7-13/h4-11H,1-3H3,(H,19,20,21). The molecule has 0 aliphatic heterocycles. The SMILES string of the molecule is Cc1ccc(C(=O)Nc2nc3ccc(C(C)C)cc3s2)cc1. The van der Waals surface area contributed by atoms with Crippen molar-refractivity contribution in [3.8, 4) is 0 Å². The van der Waals surface area contributed by atoms with E-state index in [1.54, 1.807) is 0 Å². The fraction of sp³-hybridized carbons (Fsp3) is 0.222. The summed E-state index contributed by atoms with van der Waals surface area (Å²) in [5.41, 5.74) is 3.99. The van der Waals surface area contributed by atoms with Gasteiger partial charge in [0.15, 0.2) is 5.13 Å². The summed E-state index contributed by atoms with van der Waals surface area (Å²) >= 11 is 1.51. The predicted octanol–water partition coefficient (Wildman–Crippen LogP) is 4.98. The van der Waals surface area contributed by atoms with E-state index in [4.69, 9.17) is 0 Å². The van der Waals surface area contributed by atoms with Gasteiger partial charge in [-0.2, -0.15) is 0 Å². The molecule has 0 unspecified atom stereocenters. The number of aryl methyl sites for hydroxylation is 1. The average Bonchev–Trinajstić information content (AvgIpc) is 2.88. The lowest BCUT2D eigenvalue weighted by Crippen LogP contribution is -2.11. The number of nitrogens with zero attached hydrogens (tertiary/aromatic N) is 1. The van der Waals surface area contributed by atoms with Crippen molar-refractivity contribution in [1.29, 1.82) is 0 Å². The Kier molecular flexibility index (Phi) is 3.94. The number of hydrogen-bond acceptors (Lipinski definition) is 3. The van der Waals surface area contributed by atoms with E-state index in [0.29, 0.717) is 16.6 Å². The van der Waals surface area contributed by atoms with Crippen LogP contribution < -0.4 is 5.32 Å². The summed E-state index contributed by atoms with van der Waals surface area (Å²) in [5, 5.41) is 3.52. The van der Waals surface area contributed by atoms with Gasteiger partial charge in [0.1, 0.15) is 0 Å². The highest BCUT2D eigenvalue weighted by molar-refractivity contribution is 7.22. The lowest BCUT2D eigenvalue weighted by atomic mass is 10.0. The molecule has 1 heterocycles. The number of carbonyl (C=O) groups is 1. The summed E-state index contributed by atoms with van der Waals surface area (Å²) in [5.74, 6) is 0.361. The van der Waals surface area contributed by atoms with Gasteiger partial charge in [-0.15, -0.1) is 0 Å². The molecule has 2 aromatic carbocycles. The molecule has 3 aromatic rings. The molecule has 0 atom stereocenters. The quantitative estimate of drug-likeness (QED) is 0.741. The van der Waals surface area contributed by atoms with E-state index >= 15 is 0 Å². The van der Waals surface area contributed by atoms with Crippen LogP contribution in [0.15, 0.2) is 42.5 Å². The summed E-state index contributed by atoms with van der Waals surface area (Å²) in [4.78, 5) is 16.7. The molecule has 3 nitrogen and oxygen atoms in total. The molecule has 3 rings (SSSR count). The van der Waals surface area contributed by atoms with Crippen molar-refractivity contribution in [2.45, 2.75) is 26.7 Å². The Labute approximate surface area is 134 Å². The number of aromatic nitrogens is 1. The third kappa shape index (κ3) is 3.02. The summed E-state index contributed by atoms with van der Waals surface area (Å²) in [6.45, 7) is 6.34. The van der Waals surface area contributed by atoms with Gasteiger partial charge in [0.25, 0.3) is 5.91 Å². The summed E-state index contributed by atoms with van der Waals surface area (Å²) in [6, 6.07) is 13.8. The number of nitrogens with one attached hydrogen (secondary N) is 1. The minimum Gasteiger partial charge on any atom is -0.298 e. The van der Waals surface area contributed by atoms with Crippen LogP contribution in [0.4, 0.5) is 5.13 Å². The Morgan fingerprint density at radius 3 is 2.55 bits per heavy atom. The van der Waals surface area contributed by atoms with Crippen molar-refractivity contribution in [3.05, 3.63) is 59.2 Å². The van der Waals surface area contributed by atoms with Crippen molar-refractivity contribution < 1.29 is 4.79 Å². The number of amides is 1. The van der Waals surface area contributed by atoms with Crippen molar-refractivity contribution in [1.82, 2.24) is 4.98 Å². The second-order valence-corrected chi connectivity index (χ2v) is 6.75. The second kappa shape index (κ2) is 5.89. The Morgan fingerprint density at radius 2 is 1.86 bits per heavy atom. The third-order valence-electron chi connectivity index (χ3n) is 3.61. The minimum atomic E-state index is -0.122. The molecule has 0 bridgehead atoms. The molecule has 0 fully saturated rings. The Balaban J connectivity index is 1.84. The lowest BCUT2D eigenvalue weighted by molar-refractivity contribution is 0.102. The van der Waals surface area contributed by atoms with Crippen LogP contribution in [0.25, 0.3) is 10.2 Å². The molecule has 112 valence electrons. The van der Waals surface area contributed by atoms with Crippen LogP contribution in [0.3, 0.4) is 0 Å². The first-order valence-electron chi connectivity index (χ1n) is 7.31. The van der Waals surface area contributed by atoms with E-state index in [0.717, 1.165) is 15.8 Å². The number of anilines is 1. The Hall–Kier alpha value is -2.20. The van der Waals surface area contributed by atoms with E-state index in [2.05, 4.69) is 36.3 Å². The number of carbonyl (C=O) groups excluding carboxylic acids is 1. The smallest absolute Gasteiger partial charge is 0.257 e. The molecule has 1 aromatic heterocycles. The van der Waals surface area contributed by atoms with Gasteiger partial charge in [-0.3, -0.25) is 10.1 Å². The topological polar surface area (TPSA) is 42.0 Å². The first-order valence-corrected chi connectivity index (χ1v) is 8.13. The van der Waals surface area contributed by atoms with Gasteiger partial charge in [0.05, 0.1) is 10.2 Å². The van der Waals surface area contributed by atoms with Crippen LogP contribution in [0, 0.1) is 6.92 Å². The monoisotopic (exact) mass is 310 g/mol. The first-order chi connectivity index (χ1) is 10.5. The highest BCUT2D eigenvalue weighted by atomic mass is 32.1. The largest absolute Gasteiger partial charge is 0.298 e. The zero-order valence-corrected chi connectivity index (χ0v) is 13.7. The molecular weight excluding hydrogens is 292 g/mol. The maximum Gasteiger partial charge on any atom is 0.257 e. The minimum absolute atomic E-state index is 0.122. The molecule has 1 N–H and O–H groups in total. The molecule has 0 saturated heterocycles. The Morgan fingerprint density at radius 1 is 1.14 bits per heavy atom. The highest BCUT2D eigenvalue weighted by Gasteiger charge is 2.10. The Bertz CT molecular complexity index is 819. The molecule has 0 spiro atoms. The van der Waals surface area contributed by atoms with E-state index < -0.39 is 0 Å². The molecule has 0 radical (unpaired) electrons. The van der Waals surface area contributed by atoms with Crippen molar-refractivity contribution in [3.63, 3.8) is 0 Å². The molecule has 0 aliphatic rings. The van der Waals surface area contributed by atoms with Crippen molar-refractivity contribution >= 4 is 32.6 Å². The molecule has 4 heteroatoms. The van der Waals surface area contributed by atoms with Crippen LogP contribution in [-0.2, 0) is 0 Å². The van der Waals surface area contributed by atoms with Gasteiger partial charge in [-0.25, -0.2) is 4.98 Å². The number of benzene rings is 2. The summed E-state index contributed by atoms with van der Waals surface area (Å²) < 4.78 is 1.10. The fourth-order valence-electron chi connectivity index (χ4n) is 2.23. The van der Waals surface area contributed by atoms with Crippen LogP contribution in [0.2, 0.25) is 0 Å². The zero-order chi connectivity index (χ0) is 15.7. The summed E-state index contributed by atoms with van der Waals surface area (Å²) in [6.07, 6.45) is 0. The van der Waals surface area contributed by atoms with Crippen LogP contribution >= 0.6 is 11.3 Å². The molecule has 0 saturated carbocycles. The van der Waals surface area contributed by atoms with Gasteiger partial charge >= 0.3 is 0 Å². The highest BCUT2D eigenvalue weighted by Crippen LogP contribution is 2.29. The number of rotatable bonds is 3. The van der Waals surface area contributed by atoms with Crippen LogP contribution in [0.5, 0.6) is 0 Å². The van der Waals surface area contributed by atoms with Gasteiger partial charge in [-0.05, 0) is 42.7 Å². The van der Waals surface area contributed by atoms with E-state index in [1.165, 1.54) is 16.9 Å². The predicted molar refractivity (Wildman–Crippen MR) is 92.8 cm³/mol. The summed E-state index contributed by atoms with van der Waals surface area (Å²) in [7, 11) is 0. The lowest BCUT2D eigenvalue weighted by Gasteiger charge is -2.03. The first kappa shape index (κ1) is 14.7. The van der Waals surface area contributed by atoms with Gasteiger partial charge in [0.2, 0.25) is 0 Å². The maximum atomic E-state index is 12.2. The van der Waals surface area contributed by atoms with Gasteiger partial charge < -0.3 is 0 Å². The van der Waals surface area contributed by atoms with E-state index in [9.17, 15) is 4.79 Å².